The molecule has 0 aliphatic rings. The van der Waals surface area contributed by atoms with Gasteiger partial charge in [0.1, 0.15) is 0 Å². The Balaban J connectivity index is 2.28. The predicted octanol–water partition coefficient (Wildman–Crippen LogP) is 3.68. The lowest BCUT2D eigenvalue weighted by molar-refractivity contribution is 0.519. The van der Waals surface area contributed by atoms with Crippen LogP contribution in [0, 0.1) is 12.8 Å². The minimum absolute atomic E-state index is 0.609. The van der Waals surface area contributed by atoms with Crippen molar-refractivity contribution in [1.29, 1.82) is 0 Å². The van der Waals surface area contributed by atoms with E-state index in [0.29, 0.717) is 5.92 Å². The maximum atomic E-state index is 5.76. The van der Waals surface area contributed by atoms with Gasteiger partial charge >= 0.3 is 0 Å². The van der Waals surface area contributed by atoms with Crippen molar-refractivity contribution in [2.24, 2.45) is 11.7 Å². The van der Waals surface area contributed by atoms with E-state index in [4.69, 9.17) is 5.73 Å². The minimum atomic E-state index is 0.609. The van der Waals surface area contributed by atoms with Gasteiger partial charge in [0.05, 0.1) is 0 Å². The first-order valence-corrected chi connectivity index (χ1v) is 6.42. The normalized spacial score (nSPS) is 12.9. The minimum Gasteiger partial charge on any atom is -0.330 e. The molecule has 90 valence electrons. The molecule has 2 aromatic rings. The number of hydrogen-bond donors (Lipinski definition) is 1. The standard InChI is InChI=1S/C16H21N/c1-3-13(11-17)9-14-5-7-15-8-12(2)4-6-16(15)10-14/h4-8,10,13H,3,9,11,17H2,1-2H3. The van der Waals surface area contributed by atoms with Crippen molar-refractivity contribution in [3.8, 4) is 0 Å². The molecule has 1 unspecified atom stereocenters. The van der Waals surface area contributed by atoms with Crippen molar-refractivity contribution < 1.29 is 0 Å². The third kappa shape index (κ3) is 2.86. The average molecular weight is 227 g/mol. The smallest absolute Gasteiger partial charge is 0.00458 e. The molecule has 0 bridgehead atoms. The maximum absolute atomic E-state index is 5.76. The first-order chi connectivity index (χ1) is 8.22. The molecule has 0 amide bonds. The summed E-state index contributed by atoms with van der Waals surface area (Å²) in [6.45, 7) is 5.12. The zero-order valence-corrected chi connectivity index (χ0v) is 10.7. The molecule has 1 nitrogen and oxygen atoms in total. The summed E-state index contributed by atoms with van der Waals surface area (Å²) in [5.41, 5.74) is 8.48. The molecule has 0 radical (unpaired) electrons. The van der Waals surface area contributed by atoms with Crippen molar-refractivity contribution in [1.82, 2.24) is 0 Å². The lowest BCUT2D eigenvalue weighted by Crippen LogP contribution is -2.15. The molecule has 17 heavy (non-hydrogen) atoms. The molecule has 1 atom stereocenters. The highest BCUT2D eigenvalue weighted by Crippen LogP contribution is 2.20. The van der Waals surface area contributed by atoms with E-state index < -0.39 is 0 Å². The van der Waals surface area contributed by atoms with E-state index in [9.17, 15) is 0 Å². The Labute approximate surface area is 104 Å². The van der Waals surface area contributed by atoms with E-state index in [2.05, 4.69) is 50.2 Å². The second-order valence-corrected chi connectivity index (χ2v) is 4.90. The molecule has 0 fully saturated rings. The Morgan fingerprint density at radius 2 is 1.76 bits per heavy atom. The Bertz CT molecular complexity index is 498. The van der Waals surface area contributed by atoms with E-state index in [1.807, 2.05) is 0 Å². The second kappa shape index (κ2) is 5.33. The molecule has 0 aliphatic heterocycles. The van der Waals surface area contributed by atoms with Gasteiger partial charge in [0.2, 0.25) is 0 Å². The quantitative estimate of drug-likeness (QED) is 0.847. The first-order valence-electron chi connectivity index (χ1n) is 6.42. The van der Waals surface area contributed by atoms with Crippen molar-refractivity contribution in [2.75, 3.05) is 6.54 Å². The fraction of sp³-hybridized carbons (Fsp3) is 0.375. The number of hydrogen-bond acceptors (Lipinski definition) is 1. The van der Waals surface area contributed by atoms with Gasteiger partial charge in [-0.3, -0.25) is 0 Å². The summed E-state index contributed by atoms with van der Waals surface area (Å²) in [5, 5.41) is 2.66. The molecule has 2 rings (SSSR count). The van der Waals surface area contributed by atoms with E-state index in [-0.39, 0.29) is 0 Å². The van der Waals surface area contributed by atoms with Crippen molar-refractivity contribution in [3.63, 3.8) is 0 Å². The average Bonchev–Trinajstić information content (AvgIpc) is 2.36. The lowest BCUT2D eigenvalue weighted by Gasteiger charge is -2.12. The van der Waals surface area contributed by atoms with E-state index in [0.717, 1.165) is 19.4 Å². The summed E-state index contributed by atoms with van der Waals surface area (Å²) in [5.74, 6) is 0.609. The number of benzene rings is 2. The molecule has 0 aromatic heterocycles. The summed E-state index contributed by atoms with van der Waals surface area (Å²) in [6, 6.07) is 13.4. The van der Waals surface area contributed by atoms with Crippen LogP contribution in [-0.2, 0) is 6.42 Å². The largest absolute Gasteiger partial charge is 0.330 e. The summed E-state index contributed by atoms with van der Waals surface area (Å²) in [6.07, 6.45) is 2.25. The molecule has 0 saturated heterocycles. The van der Waals surface area contributed by atoms with Gasteiger partial charge in [0.15, 0.2) is 0 Å². The molecule has 2 N–H and O–H groups in total. The van der Waals surface area contributed by atoms with E-state index in [1.165, 1.54) is 21.9 Å². The van der Waals surface area contributed by atoms with Crippen molar-refractivity contribution in [3.05, 3.63) is 47.5 Å². The molecule has 0 spiro atoms. The van der Waals surface area contributed by atoms with Gasteiger partial charge in [0.25, 0.3) is 0 Å². The van der Waals surface area contributed by atoms with Crippen LogP contribution in [0.3, 0.4) is 0 Å². The van der Waals surface area contributed by atoms with Crippen molar-refractivity contribution >= 4 is 10.8 Å². The molecule has 0 saturated carbocycles. The van der Waals surface area contributed by atoms with Gasteiger partial charge in [0, 0.05) is 0 Å². The topological polar surface area (TPSA) is 26.0 Å². The third-order valence-electron chi connectivity index (χ3n) is 3.50. The highest BCUT2D eigenvalue weighted by molar-refractivity contribution is 5.83. The molecular weight excluding hydrogens is 206 g/mol. The fourth-order valence-electron chi connectivity index (χ4n) is 2.27. The van der Waals surface area contributed by atoms with E-state index >= 15 is 0 Å². The maximum Gasteiger partial charge on any atom is -0.00458 e. The molecule has 2 aromatic carbocycles. The van der Waals surface area contributed by atoms with Crippen LogP contribution < -0.4 is 5.73 Å². The summed E-state index contributed by atoms with van der Waals surface area (Å²) in [4.78, 5) is 0. The number of aryl methyl sites for hydroxylation is 1. The number of fused-ring (bicyclic) bond motifs is 1. The third-order valence-corrected chi connectivity index (χ3v) is 3.50. The summed E-state index contributed by atoms with van der Waals surface area (Å²) in [7, 11) is 0. The van der Waals surface area contributed by atoms with Gasteiger partial charge < -0.3 is 5.73 Å². The SMILES string of the molecule is CCC(CN)Cc1ccc2cc(C)ccc2c1. The van der Waals surface area contributed by atoms with Gasteiger partial charge in [-0.15, -0.1) is 0 Å². The van der Waals surface area contributed by atoms with Crippen molar-refractivity contribution in [2.45, 2.75) is 26.7 Å². The van der Waals surface area contributed by atoms with Gasteiger partial charge in [-0.1, -0.05) is 55.3 Å². The Kier molecular flexibility index (Phi) is 3.80. The van der Waals surface area contributed by atoms with Crippen LogP contribution in [-0.4, -0.2) is 6.54 Å². The lowest BCUT2D eigenvalue weighted by atomic mass is 9.95. The van der Waals surface area contributed by atoms with Crippen LogP contribution in [0.15, 0.2) is 36.4 Å². The first kappa shape index (κ1) is 12.1. The fourth-order valence-corrected chi connectivity index (χ4v) is 2.27. The zero-order valence-electron chi connectivity index (χ0n) is 10.7. The molecular formula is C16H21N. The second-order valence-electron chi connectivity index (χ2n) is 4.90. The van der Waals surface area contributed by atoms with Crippen LogP contribution in [0.25, 0.3) is 10.8 Å². The summed E-state index contributed by atoms with van der Waals surface area (Å²) >= 11 is 0. The monoisotopic (exact) mass is 227 g/mol. The van der Waals surface area contributed by atoms with Crippen LogP contribution in [0.5, 0.6) is 0 Å². The van der Waals surface area contributed by atoms with Gasteiger partial charge in [-0.25, -0.2) is 0 Å². The Morgan fingerprint density at radius 3 is 2.47 bits per heavy atom. The summed E-state index contributed by atoms with van der Waals surface area (Å²) < 4.78 is 0. The Morgan fingerprint density at radius 1 is 1.06 bits per heavy atom. The van der Waals surface area contributed by atoms with E-state index in [1.54, 1.807) is 0 Å². The molecule has 0 heterocycles. The van der Waals surface area contributed by atoms with Crippen LogP contribution in [0.1, 0.15) is 24.5 Å². The van der Waals surface area contributed by atoms with Gasteiger partial charge in [-0.05, 0) is 42.1 Å². The Hall–Kier alpha value is -1.34. The van der Waals surface area contributed by atoms with Crippen LogP contribution >= 0.6 is 0 Å². The van der Waals surface area contributed by atoms with Crippen LogP contribution in [0.4, 0.5) is 0 Å². The predicted molar refractivity (Wildman–Crippen MR) is 75.2 cm³/mol. The van der Waals surface area contributed by atoms with Gasteiger partial charge in [-0.2, -0.15) is 0 Å². The molecule has 1 heteroatoms. The van der Waals surface area contributed by atoms with Crippen LogP contribution in [0.2, 0.25) is 0 Å². The zero-order chi connectivity index (χ0) is 12.3. The highest BCUT2D eigenvalue weighted by Gasteiger charge is 2.05. The number of rotatable bonds is 4. The number of nitrogens with two attached hydrogens (primary N) is 1. The highest BCUT2D eigenvalue weighted by atomic mass is 14.5. The molecule has 0 aliphatic carbocycles.